The lowest BCUT2D eigenvalue weighted by Gasteiger charge is -2.31. The number of nitrogens with one attached hydrogen (secondary N) is 1. The fourth-order valence-electron chi connectivity index (χ4n) is 4.68. The molecule has 1 unspecified atom stereocenters. The second-order valence-electron chi connectivity index (χ2n) is 9.06. The maximum absolute atomic E-state index is 13.2. The molecule has 1 heterocycles. The van der Waals surface area contributed by atoms with Crippen molar-refractivity contribution in [2.45, 2.75) is 36.6 Å². The molecule has 3 aromatic carbocycles. The predicted molar refractivity (Wildman–Crippen MR) is 130 cm³/mol. The van der Waals surface area contributed by atoms with Gasteiger partial charge in [-0.25, -0.2) is 8.42 Å². The van der Waals surface area contributed by atoms with Gasteiger partial charge in [0, 0.05) is 24.0 Å². The first kappa shape index (κ1) is 22.4. The molecule has 0 spiro atoms. The van der Waals surface area contributed by atoms with Gasteiger partial charge < -0.3 is 5.32 Å². The average Bonchev–Trinajstić information content (AvgIpc) is 3.68. The number of benzene rings is 3. The van der Waals surface area contributed by atoms with Crippen LogP contribution >= 0.6 is 11.6 Å². The molecule has 7 heteroatoms. The van der Waals surface area contributed by atoms with E-state index in [1.165, 1.54) is 4.31 Å². The van der Waals surface area contributed by atoms with Gasteiger partial charge in [0.15, 0.2) is 0 Å². The predicted octanol–water partition coefficient (Wildman–Crippen LogP) is 5.16. The molecule has 0 aromatic heterocycles. The normalized spacial score (nSPS) is 18.8. The van der Waals surface area contributed by atoms with Crippen molar-refractivity contribution in [2.75, 3.05) is 13.1 Å². The van der Waals surface area contributed by atoms with E-state index in [1.807, 2.05) is 54.6 Å². The quantitative estimate of drug-likeness (QED) is 0.527. The van der Waals surface area contributed by atoms with Crippen LogP contribution in [-0.2, 0) is 14.8 Å². The Bertz CT molecular complexity index is 1260. The summed E-state index contributed by atoms with van der Waals surface area (Å²) in [5.41, 5.74) is 1.08. The Balaban J connectivity index is 1.24. The third-order valence-corrected chi connectivity index (χ3v) is 8.95. The van der Waals surface area contributed by atoms with Gasteiger partial charge >= 0.3 is 0 Å². The summed E-state index contributed by atoms with van der Waals surface area (Å²) in [6, 6.07) is 20.6. The molecule has 1 amide bonds. The van der Waals surface area contributed by atoms with Gasteiger partial charge in [-0.15, -0.1) is 0 Å². The minimum absolute atomic E-state index is 0.00544. The fraction of sp³-hybridized carbons (Fsp3) is 0.346. The highest BCUT2D eigenvalue weighted by molar-refractivity contribution is 7.89. The number of carbonyl (C=O) groups excluding carboxylic acids is 1. The smallest absolute Gasteiger partial charge is 0.243 e. The molecule has 1 aliphatic heterocycles. The SMILES string of the molecule is O=C(NC(c1ccc(Cl)cc1)C1CC1)C1CCN(S(=O)(=O)c2ccc3ccccc3c2)CC1. The molecule has 1 N–H and O–H groups in total. The van der Waals surface area contributed by atoms with E-state index >= 15 is 0 Å². The first-order valence-corrected chi connectivity index (χ1v) is 13.3. The van der Waals surface area contributed by atoms with Crippen LogP contribution in [0.2, 0.25) is 5.02 Å². The first-order valence-electron chi connectivity index (χ1n) is 11.5. The monoisotopic (exact) mass is 482 g/mol. The molecule has 1 saturated heterocycles. The second-order valence-corrected chi connectivity index (χ2v) is 11.4. The molecule has 2 aliphatic rings. The van der Waals surface area contributed by atoms with Crippen LogP contribution in [0.3, 0.4) is 0 Å². The zero-order chi connectivity index (χ0) is 23.0. The van der Waals surface area contributed by atoms with Crippen LogP contribution in [0.15, 0.2) is 71.6 Å². The number of hydrogen-bond donors (Lipinski definition) is 1. The lowest BCUT2D eigenvalue weighted by atomic mass is 9.95. The number of piperidine rings is 1. The van der Waals surface area contributed by atoms with E-state index in [0.717, 1.165) is 29.2 Å². The Morgan fingerprint density at radius 1 is 0.909 bits per heavy atom. The first-order chi connectivity index (χ1) is 15.9. The van der Waals surface area contributed by atoms with Crippen molar-refractivity contribution in [1.82, 2.24) is 9.62 Å². The van der Waals surface area contributed by atoms with Crippen LogP contribution in [0.1, 0.15) is 37.3 Å². The molecule has 5 nitrogen and oxygen atoms in total. The number of sulfonamides is 1. The van der Waals surface area contributed by atoms with Gasteiger partial charge in [-0.1, -0.05) is 54.1 Å². The highest BCUT2D eigenvalue weighted by Gasteiger charge is 2.37. The van der Waals surface area contributed by atoms with Gasteiger partial charge in [0.25, 0.3) is 0 Å². The van der Waals surface area contributed by atoms with Crippen LogP contribution in [0.5, 0.6) is 0 Å². The molecule has 33 heavy (non-hydrogen) atoms. The highest BCUT2D eigenvalue weighted by Crippen LogP contribution is 2.41. The Labute approximate surface area is 199 Å². The number of halogens is 1. The molecule has 1 atom stereocenters. The molecular weight excluding hydrogens is 456 g/mol. The minimum atomic E-state index is -3.59. The summed E-state index contributed by atoms with van der Waals surface area (Å²) in [4.78, 5) is 13.4. The molecule has 172 valence electrons. The fourth-order valence-corrected chi connectivity index (χ4v) is 6.31. The summed E-state index contributed by atoms with van der Waals surface area (Å²) in [6.07, 6.45) is 3.26. The topological polar surface area (TPSA) is 66.5 Å². The minimum Gasteiger partial charge on any atom is -0.349 e. The standard InChI is InChI=1S/C26H27ClN2O3S/c27-23-10-7-20(8-11-23)25(19-5-6-19)28-26(30)21-13-15-29(16-14-21)33(31,32)24-12-9-18-3-1-2-4-22(18)17-24/h1-4,7-12,17,19,21,25H,5-6,13-16H2,(H,28,30). The summed E-state index contributed by atoms with van der Waals surface area (Å²) in [5, 5.41) is 5.84. The number of fused-ring (bicyclic) bond motifs is 1. The van der Waals surface area contributed by atoms with E-state index in [1.54, 1.807) is 12.1 Å². The van der Waals surface area contributed by atoms with Crippen LogP contribution in [0.4, 0.5) is 0 Å². The molecule has 5 rings (SSSR count). The number of hydrogen-bond acceptors (Lipinski definition) is 3. The van der Waals surface area contributed by atoms with E-state index in [9.17, 15) is 13.2 Å². The molecule has 3 aromatic rings. The van der Waals surface area contributed by atoms with Crippen molar-refractivity contribution >= 4 is 38.3 Å². The molecule has 1 aliphatic carbocycles. The van der Waals surface area contributed by atoms with Crippen LogP contribution in [0.25, 0.3) is 10.8 Å². The zero-order valence-electron chi connectivity index (χ0n) is 18.3. The van der Waals surface area contributed by atoms with E-state index in [0.29, 0.717) is 41.8 Å². The zero-order valence-corrected chi connectivity index (χ0v) is 19.9. The van der Waals surface area contributed by atoms with E-state index in [4.69, 9.17) is 11.6 Å². The molecular formula is C26H27ClN2O3S. The lowest BCUT2D eigenvalue weighted by molar-refractivity contribution is -0.127. The number of carbonyl (C=O) groups is 1. The van der Waals surface area contributed by atoms with Gasteiger partial charge in [-0.2, -0.15) is 4.31 Å². The largest absolute Gasteiger partial charge is 0.349 e. The van der Waals surface area contributed by atoms with Crippen molar-refractivity contribution in [3.8, 4) is 0 Å². The Morgan fingerprint density at radius 2 is 1.58 bits per heavy atom. The van der Waals surface area contributed by atoms with Gasteiger partial charge in [0.05, 0.1) is 10.9 Å². The van der Waals surface area contributed by atoms with E-state index in [2.05, 4.69) is 5.32 Å². The Morgan fingerprint density at radius 3 is 2.24 bits per heavy atom. The maximum atomic E-state index is 13.2. The maximum Gasteiger partial charge on any atom is 0.243 e. The Hall–Kier alpha value is -2.41. The second kappa shape index (κ2) is 9.09. The summed E-state index contributed by atoms with van der Waals surface area (Å²) in [6.45, 7) is 0.699. The molecule has 0 bridgehead atoms. The summed E-state index contributed by atoms with van der Waals surface area (Å²) < 4.78 is 27.9. The van der Waals surface area contributed by atoms with E-state index in [-0.39, 0.29) is 17.9 Å². The van der Waals surface area contributed by atoms with Gasteiger partial charge in [-0.3, -0.25) is 4.79 Å². The van der Waals surface area contributed by atoms with Crippen molar-refractivity contribution in [3.63, 3.8) is 0 Å². The summed E-state index contributed by atoms with van der Waals surface area (Å²) in [5.74, 6) is 0.301. The van der Waals surface area contributed by atoms with Crippen molar-refractivity contribution in [3.05, 3.63) is 77.3 Å². The van der Waals surface area contributed by atoms with Crippen molar-refractivity contribution in [1.29, 1.82) is 0 Å². The molecule has 2 fully saturated rings. The summed E-state index contributed by atoms with van der Waals surface area (Å²) >= 11 is 6.02. The Kier molecular flexibility index (Phi) is 6.16. The number of nitrogens with zero attached hydrogens (tertiary/aromatic N) is 1. The van der Waals surface area contributed by atoms with Crippen LogP contribution in [-0.4, -0.2) is 31.7 Å². The summed E-state index contributed by atoms with van der Waals surface area (Å²) in [7, 11) is -3.59. The third kappa shape index (κ3) is 4.79. The lowest BCUT2D eigenvalue weighted by Crippen LogP contribution is -2.43. The van der Waals surface area contributed by atoms with Gasteiger partial charge in [-0.05, 0) is 72.2 Å². The number of amides is 1. The van der Waals surface area contributed by atoms with Gasteiger partial charge in [0.1, 0.15) is 0 Å². The van der Waals surface area contributed by atoms with E-state index < -0.39 is 10.0 Å². The third-order valence-electron chi connectivity index (χ3n) is 6.80. The van der Waals surface area contributed by atoms with Crippen molar-refractivity contribution in [2.24, 2.45) is 11.8 Å². The molecule has 1 saturated carbocycles. The average molecular weight is 483 g/mol. The highest BCUT2D eigenvalue weighted by atomic mass is 35.5. The van der Waals surface area contributed by atoms with Crippen LogP contribution in [0, 0.1) is 11.8 Å². The number of rotatable bonds is 6. The van der Waals surface area contributed by atoms with Gasteiger partial charge in [0.2, 0.25) is 15.9 Å². The molecule has 0 radical (unpaired) electrons. The van der Waals surface area contributed by atoms with Crippen molar-refractivity contribution < 1.29 is 13.2 Å². The van der Waals surface area contributed by atoms with Crippen LogP contribution < -0.4 is 5.32 Å².